The summed E-state index contributed by atoms with van der Waals surface area (Å²) in [7, 11) is 0. The van der Waals surface area contributed by atoms with Crippen LogP contribution in [-0.2, 0) is 11.3 Å². The fraction of sp³-hybridized carbons (Fsp3) is 0.333. The van der Waals surface area contributed by atoms with E-state index in [2.05, 4.69) is 22.4 Å². The minimum atomic E-state index is -0.306. The largest absolute Gasteiger partial charge is 0.414 e. The number of nitrogens with one attached hydrogen (secondary N) is 2. The van der Waals surface area contributed by atoms with Crippen LogP contribution in [0.3, 0.4) is 0 Å². The van der Waals surface area contributed by atoms with Crippen molar-refractivity contribution < 1.29 is 18.9 Å². The number of anilines is 1. The van der Waals surface area contributed by atoms with E-state index < -0.39 is 0 Å². The smallest absolute Gasteiger partial charge is 0.282 e. The number of nitrogens with zero attached hydrogens (tertiary/aromatic N) is 2. The van der Waals surface area contributed by atoms with Gasteiger partial charge in [-0.05, 0) is 56.0 Å². The number of Topliss-reactive ketones (excluding diaryl/α,β-unsaturated/α-hetero) is 1. The molecule has 0 aliphatic rings. The Labute approximate surface area is 173 Å². The standard InChI is InChI=1S/C21H24N4O3S/c1-4-11-25(13-19-23-24-21(28-19)18-6-5-12-29-18)14(2)20(27)22-17-9-7-16(8-10-17)15(3)26/h5-10,12,14H,4,11,13H2,1-3H3,(H,22,27)/p+1/t14-/m0/s1. The molecule has 0 saturated heterocycles. The Balaban J connectivity index is 1.65. The maximum Gasteiger partial charge on any atom is 0.282 e. The molecule has 2 N–H and O–H groups in total. The number of amides is 1. The van der Waals surface area contributed by atoms with Crippen LogP contribution in [0.1, 0.15) is 43.4 Å². The Morgan fingerprint density at radius 3 is 2.59 bits per heavy atom. The molecule has 0 aliphatic carbocycles. The first-order valence-corrected chi connectivity index (χ1v) is 10.5. The van der Waals surface area contributed by atoms with Gasteiger partial charge in [0.2, 0.25) is 0 Å². The van der Waals surface area contributed by atoms with Crippen LogP contribution in [0.5, 0.6) is 0 Å². The normalized spacial score (nSPS) is 13.1. The maximum absolute atomic E-state index is 12.8. The minimum Gasteiger partial charge on any atom is -0.414 e. The zero-order chi connectivity index (χ0) is 20.8. The van der Waals surface area contributed by atoms with E-state index in [0.717, 1.165) is 22.7 Å². The Morgan fingerprint density at radius 1 is 1.21 bits per heavy atom. The number of ketones is 1. The van der Waals surface area contributed by atoms with Gasteiger partial charge in [-0.1, -0.05) is 13.0 Å². The minimum absolute atomic E-state index is 0.00344. The third-order valence-electron chi connectivity index (χ3n) is 4.71. The van der Waals surface area contributed by atoms with Crippen LogP contribution in [0.25, 0.3) is 10.8 Å². The zero-order valence-corrected chi connectivity index (χ0v) is 17.6. The van der Waals surface area contributed by atoms with E-state index in [4.69, 9.17) is 4.42 Å². The molecule has 0 aliphatic heterocycles. The van der Waals surface area contributed by atoms with Crippen molar-refractivity contribution in [2.45, 2.75) is 39.8 Å². The van der Waals surface area contributed by atoms with Crippen LogP contribution in [0.2, 0.25) is 0 Å². The number of quaternary nitrogens is 1. The van der Waals surface area contributed by atoms with Crippen LogP contribution in [0, 0.1) is 0 Å². The number of benzene rings is 1. The van der Waals surface area contributed by atoms with Gasteiger partial charge < -0.3 is 14.6 Å². The fourth-order valence-corrected chi connectivity index (χ4v) is 3.67. The SMILES string of the molecule is CCC[NH+](Cc1nnc(-c2cccs2)o1)[C@@H](C)C(=O)Nc1ccc(C(C)=O)cc1. The second-order valence-electron chi connectivity index (χ2n) is 6.91. The van der Waals surface area contributed by atoms with Crippen LogP contribution >= 0.6 is 11.3 Å². The number of hydrogen-bond acceptors (Lipinski definition) is 6. The first-order chi connectivity index (χ1) is 14.0. The lowest BCUT2D eigenvalue weighted by molar-refractivity contribution is -0.928. The van der Waals surface area contributed by atoms with E-state index in [1.54, 1.807) is 35.6 Å². The van der Waals surface area contributed by atoms with Crippen LogP contribution in [0.15, 0.2) is 46.2 Å². The quantitative estimate of drug-likeness (QED) is 0.527. The Morgan fingerprint density at radius 2 is 1.97 bits per heavy atom. The third kappa shape index (κ3) is 5.36. The molecule has 7 nitrogen and oxygen atoms in total. The molecule has 0 bridgehead atoms. The van der Waals surface area contributed by atoms with Crippen molar-refractivity contribution in [1.29, 1.82) is 0 Å². The lowest BCUT2D eigenvalue weighted by atomic mass is 10.1. The average molecular weight is 414 g/mol. The molecule has 2 atom stereocenters. The lowest BCUT2D eigenvalue weighted by Gasteiger charge is -2.23. The molecule has 29 heavy (non-hydrogen) atoms. The summed E-state index contributed by atoms with van der Waals surface area (Å²) < 4.78 is 5.79. The van der Waals surface area contributed by atoms with Crippen LogP contribution < -0.4 is 10.2 Å². The van der Waals surface area contributed by atoms with Gasteiger partial charge in [0, 0.05) is 11.3 Å². The highest BCUT2D eigenvalue weighted by Crippen LogP contribution is 2.22. The number of carbonyl (C=O) groups excluding carboxylic acids is 2. The Hall–Kier alpha value is -2.84. The summed E-state index contributed by atoms with van der Waals surface area (Å²) in [6.07, 6.45) is 0.923. The van der Waals surface area contributed by atoms with Crippen molar-refractivity contribution in [2.24, 2.45) is 0 Å². The zero-order valence-electron chi connectivity index (χ0n) is 16.8. The van der Waals surface area contributed by atoms with Gasteiger partial charge in [-0.25, -0.2) is 0 Å². The topological polar surface area (TPSA) is 89.5 Å². The van der Waals surface area contributed by atoms with Crippen molar-refractivity contribution in [3.8, 4) is 10.8 Å². The van der Waals surface area contributed by atoms with E-state index in [-0.39, 0.29) is 17.7 Å². The van der Waals surface area contributed by atoms with E-state index in [9.17, 15) is 9.59 Å². The van der Waals surface area contributed by atoms with Crippen molar-refractivity contribution in [3.05, 3.63) is 53.2 Å². The summed E-state index contributed by atoms with van der Waals surface area (Å²) in [6, 6.07) is 10.5. The number of hydrogen-bond donors (Lipinski definition) is 2. The summed E-state index contributed by atoms with van der Waals surface area (Å²) >= 11 is 1.55. The maximum atomic E-state index is 12.8. The molecular weight excluding hydrogens is 388 g/mol. The molecule has 2 aromatic heterocycles. The number of aromatic nitrogens is 2. The molecule has 1 amide bonds. The summed E-state index contributed by atoms with van der Waals surface area (Å²) in [5, 5.41) is 13.2. The predicted molar refractivity (Wildman–Crippen MR) is 112 cm³/mol. The Bertz CT molecular complexity index is 951. The second kappa shape index (κ2) is 9.58. The summed E-state index contributed by atoms with van der Waals surface area (Å²) in [5.41, 5.74) is 1.28. The number of rotatable bonds is 9. The summed E-state index contributed by atoms with van der Waals surface area (Å²) in [5.74, 6) is 0.925. The molecule has 8 heteroatoms. The van der Waals surface area contributed by atoms with Gasteiger partial charge in [-0.3, -0.25) is 9.59 Å². The average Bonchev–Trinajstić information content (AvgIpc) is 3.39. The molecule has 1 unspecified atom stereocenters. The van der Waals surface area contributed by atoms with E-state index in [0.29, 0.717) is 29.6 Å². The van der Waals surface area contributed by atoms with Gasteiger partial charge in [0.15, 0.2) is 18.4 Å². The molecule has 0 spiro atoms. The third-order valence-corrected chi connectivity index (χ3v) is 5.57. The summed E-state index contributed by atoms with van der Waals surface area (Å²) in [4.78, 5) is 26.1. The van der Waals surface area contributed by atoms with Gasteiger partial charge in [-0.2, -0.15) is 0 Å². The van der Waals surface area contributed by atoms with Crippen molar-refractivity contribution in [3.63, 3.8) is 0 Å². The van der Waals surface area contributed by atoms with Crippen LogP contribution in [-0.4, -0.2) is 34.5 Å². The predicted octanol–water partition coefficient (Wildman–Crippen LogP) is 2.82. The van der Waals surface area contributed by atoms with Crippen molar-refractivity contribution in [2.75, 3.05) is 11.9 Å². The molecule has 0 fully saturated rings. The molecule has 1 aromatic carbocycles. The first-order valence-electron chi connectivity index (χ1n) is 9.60. The number of carbonyl (C=O) groups is 2. The Kier molecular flexibility index (Phi) is 6.90. The molecule has 3 aromatic rings. The van der Waals surface area contributed by atoms with E-state index in [1.165, 1.54) is 6.92 Å². The summed E-state index contributed by atoms with van der Waals surface area (Å²) in [6.45, 7) is 6.76. The highest BCUT2D eigenvalue weighted by Gasteiger charge is 2.27. The van der Waals surface area contributed by atoms with E-state index >= 15 is 0 Å². The highest BCUT2D eigenvalue weighted by molar-refractivity contribution is 7.13. The van der Waals surface area contributed by atoms with Gasteiger partial charge in [-0.15, -0.1) is 21.5 Å². The van der Waals surface area contributed by atoms with Gasteiger partial charge >= 0.3 is 0 Å². The molecule has 0 saturated carbocycles. The van der Waals surface area contributed by atoms with Gasteiger partial charge in [0.1, 0.15) is 0 Å². The van der Waals surface area contributed by atoms with Crippen LogP contribution in [0.4, 0.5) is 5.69 Å². The van der Waals surface area contributed by atoms with E-state index in [1.807, 2.05) is 24.4 Å². The molecule has 152 valence electrons. The molecule has 2 heterocycles. The van der Waals surface area contributed by atoms with Gasteiger partial charge in [0.25, 0.3) is 17.7 Å². The van der Waals surface area contributed by atoms with Crippen molar-refractivity contribution in [1.82, 2.24) is 10.2 Å². The number of thiophene rings is 1. The van der Waals surface area contributed by atoms with Gasteiger partial charge in [0.05, 0.1) is 11.4 Å². The first kappa shape index (κ1) is 20.9. The molecule has 3 rings (SSSR count). The van der Waals surface area contributed by atoms with Crippen molar-refractivity contribution >= 4 is 28.7 Å². The molecular formula is C21H25N4O3S+. The lowest BCUT2D eigenvalue weighted by Crippen LogP contribution is -3.15. The molecule has 0 radical (unpaired) electrons. The monoisotopic (exact) mass is 413 g/mol. The highest BCUT2D eigenvalue weighted by atomic mass is 32.1. The second-order valence-corrected chi connectivity index (χ2v) is 7.86. The fourth-order valence-electron chi connectivity index (χ4n) is 3.02.